The van der Waals surface area contributed by atoms with Gasteiger partial charge in [0.2, 0.25) is 5.89 Å². The molecule has 0 amide bonds. The number of nitrogens with zero attached hydrogens (tertiary/aromatic N) is 2. The summed E-state index contributed by atoms with van der Waals surface area (Å²) in [5, 5.41) is 13.4. The molecule has 0 fully saturated rings. The number of oxazole rings is 1. The molecule has 0 radical (unpaired) electrons. The van der Waals surface area contributed by atoms with Crippen LogP contribution < -0.4 is 4.74 Å². The first-order valence-corrected chi connectivity index (χ1v) is 10.2. The van der Waals surface area contributed by atoms with Gasteiger partial charge < -0.3 is 19.1 Å². The van der Waals surface area contributed by atoms with E-state index >= 15 is 0 Å². The van der Waals surface area contributed by atoms with Gasteiger partial charge in [-0.25, -0.2) is 9.78 Å². The maximum absolute atomic E-state index is 11.1. The zero-order chi connectivity index (χ0) is 22.2. The SMILES string of the molecule is CC/C(=N/OCc1nc(-c2ccccc2)oc1C)c1ccc(OC(CC)C(=O)O)cc1. The summed E-state index contributed by atoms with van der Waals surface area (Å²) in [6, 6.07) is 16.8. The van der Waals surface area contributed by atoms with E-state index in [1.54, 1.807) is 19.1 Å². The maximum atomic E-state index is 11.1. The van der Waals surface area contributed by atoms with Crippen molar-refractivity contribution in [2.45, 2.75) is 46.3 Å². The maximum Gasteiger partial charge on any atom is 0.344 e. The fourth-order valence-corrected chi connectivity index (χ4v) is 2.96. The van der Waals surface area contributed by atoms with Gasteiger partial charge in [0.05, 0.1) is 5.71 Å². The molecule has 7 heteroatoms. The summed E-state index contributed by atoms with van der Waals surface area (Å²) in [4.78, 5) is 21.2. The molecular formula is C24H26N2O5. The minimum atomic E-state index is -0.977. The summed E-state index contributed by atoms with van der Waals surface area (Å²) in [5.41, 5.74) is 3.24. The Bertz CT molecular complexity index is 1030. The van der Waals surface area contributed by atoms with Gasteiger partial charge in [0.1, 0.15) is 17.2 Å². The second kappa shape index (κ2) is 10.4. The number of rotatable bonds is 10. The molecule has 3 aromatic rings. The number of hydrogen-bond donors (Lipinski definition) is 1. The average Bonchev–Trinajstić information content (AvgIpc) is 3.16. The zero-order valence-electron chi connectivity index (χ0n) is 17.9. The van der Waals surface area contributed by atoms with E-state index < -0.39 is 12.1 Å². The van der Waals surface area contributed by atoms with E-state index in [2.05, 4.69) is 10.1 Å². The summed E-state index contributed by atoms with van der Waals surface area (Å²) in [7, 11) is 0. The first-order chi connectivity index (χ1) is 15.0. The summed E-state index contributed by atoms with van der Waals surface area (Å²) in [6.07, 6.45) is 0.194. The van der Waals surface area contributed by atoms with Crippen LogP contribution in [0.15, 0.2) is 64.2 Å². The molecule has 0 aliphatic rings. The molecule has 0 aliphatic carbocycles. The van der Waals surface area contributed by atoms with Gasteiger partial charge in [0.25, 0.3) is 0 Å². The lowest BCUT2D eigenvalue weighted by atomic mass is 10.1. The van der Waals surface area contributed by atoms with E-state index in [-0.39, 0.29) is 6.61 Å². The molecule has 1 aromatic heterocycles. The fourth-order valence-electron chi connectivity index (χ4n) is 2.96. The topological polar surface area (TPSA) is 94.2 Å². The number of aryl methyl sites for hydroxylation is 1. The Morgan fingerprint density at radius 1 is 1.13 bits per heavy atom. The third-order valence-corrected chi connectivity index (χ3v) is 4.74. The van der Waals surface area contributed by atoms with E-state index in [1.165, 1.54) is 0 Å². The molecule has 3 rings (SSSR count). The first-order valence-electron chi connectivity index (χ1n) is 10.2. The van der Waals surface area contributed by atoms with Crippen LogP contribution in [0.1, 0.15) is 43.7 Å². The monoisotopic (exact) mass is 422 g/mol. The standard InChI is InChI=1S/C24H26N2O5/c1-4-20(17-11-13-19(14-12-17)31-22(5-2)24(27)28)26-29-15-21-16(3)30-23(25-21)18-9-7-6-8-10-18/h6-14,22H,4-5,15H2,1-3H3,(H,27,28)/b26-20-. The van der Waals surface area contributed by atoms with Gasteiger partial charge in [-0.3, -0.25) is 0 Å². The van der Waals surface area contributed by atoms with Gasteiger partial charge in [-0.1, -0.05) is 37.2 Å². The van der Waals surface area contributed by atoms with E-state index in [9.17, 15) is 4.79 Å². The normalized spacial score (nSPS) is 12.4. The Morgan fingerprint density at radius 3 is 2.45 bits per heavy atom. The third-order valence-electron chi connectivity index (χ3n) is 4.74. The molecule has 0 aliphatic heterocycles. The van der Waals surface area contributed by atoms with Crippen LogP contribution in [0.5, 0.6) is 5.75 Å². The predicted octanol–water partition coefficient (Wildman–Crippen LogP) is 5.22. The highest BCUT2D eigenvalue weighted by atomic mass is 16.6. The summed E-state index contributed by atoms with van der Waals surface area (Å²) >= 11 is 0. The average molecular weight is 422 g/mol. The lowest BCUT2D eigenvalue weighted by Gasteiger charge is -2.13. The van der Waals surface area contributed by atoms with Gasteiger partial charge in [-0.2, -0.15) is 0 Å². The van der Waals surface area contributed by atoms with E-state index in [0.29, 0.717) is 35.9 Å². The number of aliphatic carboxylic acids is 1. The van der Waals surface area contributed by atoms with Crippen LogP contribution in [0.3, 0.4) is 0 Å². The highest BCUT2D eigenvalue weighted by Gasteiger charge is 2.17. The second-order valence-electron chi connectivity index (χ2n) is 6.93. The Kier molecular flexibility index (Phi) is 7.43. The zero-order valence-corrected chi connectivity index (χ0v) is 17.9. The van der Waals surface area contributed by atoms with Gasteiger partial charge in [0.15, 0.2) is 12.7 Å². The van der Waals surface area contributed by atoms with Crippen LogP contribution in [0.25, 0.3) is 11.5 Å². The molecule has 1 atom stereocenters. The van der Waals surface area contributed by atoms with Crippen LogP contribution in [-0.2, 0) is 16.2 Å². The Morgan fingerprint density at radius 2 is 1.84 bits per heavy atom. The quantitative estimate of drug-likeness (QED) is 0.355. The van der Waals surface area contributed by atoms with Crippen molar-refractivity contribution < 1.29 is 23.9 Å². The molecule has 7 nitrogen and oxygen atoms in total. The highest BCUT2D eigenvalue weighted by molar-refractivity contribution is 6.00. The molecular weight excluding hydrogens is 396 g/mol. The molecule has 31 heavy (non-hydrogen) atoms. The molecule has 1 N–H and O–H groups in total. The smallest absolute Gasteiger partial charge is 0.344 e. The van der Waals surface area contributed by atoms with Crippen molar-refractivity contribution in [1.29, 1.82) is 0 Å². The molecule has 0 saturated carbocycles. The highest BCUT2D eigenvalue weighted by Crippen LogP contribution is 2.22. The first kappa shape index (κ1) is 22.1. The minimum Gasteiger partial charge on any atom is -0.479 e. The van der Waals surface area contributed by atoms with Crippen LogP contribution in [0.2, 0.25) is 0 Å². The van der Waals surface area contributed by atoms with Crippen LogP contribution in [0, 0.1) is 6.92 Å². The lowest BCUT2D eigenvalue weighted by molar-refractivity contribution is -0.145. The molecule has 0 saturated heterocycles. The molecule has 1 heterocycles. The van der Waals surface area contributed by atoms with Crippen LogP contribution >= 0.6 is 0 Å². The van der Waals surface area contributed by atoms with E-state index in [1.807, 2.05) is 56.3 Å². The molecule has 0 bridgehead atoms. The number of carboxylic acids is 1. The minimum absolute atomic E-state index is 0.198. The van der Waals surface area contributed by atoms with Crippen molar-refractivity contribution in [3.05, 3.63) is 71.6 Å². The number of ether oxygens (including phenoxy) is 1. The van der Waals surface area contributed by atoms with Gasteiger partial charge in [-0.05, 0) is 61.7 Å². The van der Waals surface area contributed by atoms with Crippen LogP contribution in [-0.4, -0.2) is 27.9 Å². The molecule has 162 valence electrons. The Labute approximate surface area is 181 Å². The predicted molar refractivity (Wildman–Crippen MR) is 117 cm³/mol. The lowest BCUT2D eigenvalue weighted by Crippen LogP contribution is -2.25. The molecule has 1 unspecified atom stereocenters. The van der Waals surface area contributed by atoms with E-state index in [4.69, 9.17) is 19.1 Å². The summed E-state index contributed by atoms with van der Waals surface area (Å²) < 4.78 is 11.2. The summed E-state index contributed by atoms with van der Waals surface area (Å²) in [5.74, 6) is 0.770. The number of carboxylic acid groups (broad SMARTS) is 1. The van der Waals surface area contributed by atoms with Gasteiger partial charge in [0, 0.05) is 5.56 Å². The number of benzene rings is 2. The van der Waals surface area contributed by atoms with Crippen molar-refractivity contribution in [3.8, 4) is 17.2 Å². The van der Waals surface area contributed by atoms with Gasteiger partial charge in [-0.15, -0.1) is 0 Å². The van der Waals surface area contributed by atoms with Crippen molar-refractivity contribution in [3.63, 3.8) is 0 Å². The van der Waals surface area contributed by atoms with Crippen molar-refractivity contribution >= 4 is 11.7 Å². The largest absolute Gasteiger partial charge is 0.479 e. The van der Waals surface area contributed by atoms with Crippen molar-refractivity contribution in [2.75, 3.05) is 0 Å². The van der Waals surface area contributed by atoms with Gasteiger partial charge >= 0.3 is 5.97 Å². The van der Waals surface area contributed by atoms with E-state index in [0.717, 1.165) is 16.8 Å². The molecule has 2 aromatic carbocycles. The number of oxime groups is 1. The Hall–Kier alpha value is -3.61. The third kappa shape index (κ3) is 5.72. The number of hydrogen-bond acceptors (Lipinski definition) is 6. The number of aromatic nitrogens is 1. The summed E-state index contributed by atoms with van der Waals surface area (Å²) in [6.45, 7) is 5.80. The fraction of sp³-hybridized carbons (Fsp3) is 0.292. The molecule has 0 spiro atoms. The van der Waals surface area contributed by atoms with Crippen molar-refractivity contribution in [1.82, 2.24) is 4.98 Å². The Balaban J connectivity index is 1.65. The van der Waals surface area contributed by atoms with Crippen LogP contribution in [0.4, 0.5) is 0 Å². The second-order valence-corrected chi connectivity index (χ2v) is 6.93. The number of carbonyl (C=O) groups is 1. The van der Waals surface area contributed by atoms with Crippen molar-refractivity contribution in [2.24, 2.45) is 5.16 Å².